The number of nitrogens with zero attached hydrogens (tertiary/aromatic N) is 2. The maximum Gasteiger partial charge on any atom is 0.247 e. The Balaban J connectivity index is 2.77. The van der Waals surface area contributed by atoms with Crippen LogP contribution in [0.15, 0.2) is 30.3 Å². The Bertz CT molecular complexity index is 325. The van der Waals surface area contributed by atoms with Crippen molar-refractivity contribution in [3.63, 3.8) is 0 Å². The molecule has 1 aromatic carbocycles. The molecule has 0 saturated heterocycles. The van der Waals surface area contributed by atoms with Crippen molar-refractivity contribution in [2.75, 3.05) is 19.2 Å². The molecule has 1 N–H and O–H groups in total. The Labute approximate surface area is 89.7 Å². The molecule has 1 aromatic rings. The predicted molar refractivity (Wildman–Crippen MR) is 58.9 cm³/mol. The molecule has 4 heteroatoms. The molecule has 0 heterocycles. The van der Waals surface area contributed by atoms with Crippen LogP contribution in [0.3, 0.4) is 0 Å². The van der Waals surface area contributed by atoms with Gasteiger partial charge in [-0.1, -0.05) is 18.2 Å². The fourth-order valence-electron chi connectivity index (χ4n) is 1.28. The molecule has 1 amide bonds. The van der Waals surface area contributed by atoms with Gasteiger partial charge in [-0.05, 0) is 19.1 Å². The first kappa shape index (κ1) is 11.5. The van der Waals surface area contributed by atoms with Gasteiger partial charge in [0.15, 0.2) is 0 Å². The molecule has 15 heavy (non-hydrogen) atoms. The van der Waals surface area contributed by atoms with Gasteiger partial charge in [0.25, 0.3) is 0 Å². The third-order valence-electron chi connectivity index (χ3n) is 2.19. The van der Waals surface area contributed by atoms with E-state index in [2.05, 4.69) is 0 Å². The lowest BCUT2D eigenvalue weighted by Crippen LogP contribution is -2.43. The average Bonchev–Trinajstić information content (AvgIpc) is 2.27. The van der Waals surface area contributed by atoms with E-state index in [1.807, 2.05) is 18.2 Å². The van der Waals surface area contributed by atoms with Gasteiger partial charge in [-0.3, -0.25) is 10.0 Å². The van der Waals surface area contributed by atoms with Crippen molar-refractivity contribution >= 4 is 11.6 Å². The predicted octanol–water partition coefficient (Wildman–Crippen LogP) is 1.36. The van der Waals surface area contributed by atoms with E-state index in [0.29, 0.717) is 5.69 Å². The molecule has 0 spiro atoms. The smallest absolute Gasteiger partial charge is 0.247 e. The summed E-state index contributed by atoms with van der Waals surface area (Å²) in [6, 6.07) is 8.40. The summed E-state index contributed by atoms with van der Waals surface area (Å²) in [7, 11) is 3.33. The zero-order chi connectivity index (χ0) is 11.4. The molecule has 82 valence electrons. The number of benzene rings is 1. The van der Waals surface area contributed by atoms with E-state index in [1.54, 1.807) is 33.2 Å². The Hall–Kier alpha value is -1.55. The van der Waals surface area contributed by atoms with Gasteiger partial charge in [0.1, 0.15) is 6.04 Å². The summed E-state index contributed by atoms with van der Waals surface area (Å²) in [5.41, 5.74) is 0.611. The van der Waals surface area contributed by atoms with Crippen LogP contribution in [-0.4, -0.2) is 36.2 Å². The van der Waals surface area contributed by atoms with E-state index >= 15 is 0 Å². The highest BCUT2D eigenvalue weighted by atomic mass is 16.5. The Morgan fingerprint density at radius 3 is 2.27 bits per heavy atom. The fourth-order valence-corrected chi connectivity index (χ4v) is 1.28. The Morgan fingerprint density at radius 2 is 1.80 bits per heavy atom. The van der Waals surface area contributed by atoms with Gasteiger partial charge in [-0.25, -0.2) is 5.06 Å². The van der Waals surface area contributed by atoms with Crippen molar-refractivity contribution < 1.29 is 10.0 Å². The second-order valence-electron chi connectivity index (χ2n) is 3.59. The molecule has 0 bridgehead atoms. The molecule has 0 aliphatic rings. The highest BCUT2D eigenvalue weighted by Gasteiger charge is 2.21. The number of likely N-dealkylation sites (N-methyl/N-ethyl adjacent to an activating group) is 1. The van der Waals surface area contributed by atoms with E-state index in [1.165, 1.54) is 4.90 Å². The topological polar surface area (TPSA) is 43.8 Å². The first-order valence-corrected chi connectivity index (χ1v) is 4.78. The number of para-hydroxylation sites is 1. The number of hydrogen-bond acceptors (Lipinski definition) is 3. The molecule has 1 atom stereocenters. The van der Waals surface area contributed by atoms with Crippen molar-refractivity contribution in [2.45, 2.75) is 13.0 Å². The molecule has 0 aliphatic carbocycles. The van der Waals surface area contributed by atoms with Gasteiger partial charge in [0, 0.05) is 14.1 Å². The molecule has 0 fully saturated rings. The van der Waals surface area contributed by atoms with Crippen molar-refractivity contribution in [1.29, 1.82) is 0 Å². The van der Waals surface area contributed by atoms with Crippen LogP contribution in [0.4, 0.5) is 5.69 Å². The SMILES string of the molecule is C[C@@H](C(=O)N(C)C)N(O)c1ccccc1. The number of anilines is 1. The van der Waals surface area contributed by atoms with Crippen LogP contribution in [-0.2, 0) is 4.79 Å². The summed E-state index contributed by atoms with van der Waals surface area (Å²) in [6.07, 6.45) is 0. The number of rotatable bonds is 3. The highest BCUT2D eigenvalue weighted by molar-refractivity contribution is 5.83. The lowest BCUT2D eigenvalue weighted by atomic mass is 10.2. The summed E-state index contributed by atoms with van der Waals surface area (Å²) >= 11 is 0. The molecule has 0 aliphatic heterocycles. The Morgan fingerprint density at radius 1 is 1.27 bits per heavy atom. The van der Waals surface area contributed by atoms with Gasteiger partial charge in [0.05, 0.1) is 5.69 Å². The lowest BCUT2D eigenvalue weighted by Gasteiger charge is -2.25. The van der Waals surface area contributed by atoms with Crippen LogP contribution in [0.2, 0.25) is 0 Å². The normalized spacial score (nSPS) is 12.0. The number of carbonyl (C=O) groups excluding carboxylic acids is 1. The minimum Gasteiger partial charge on any atom is -0.347 e. The molecule has 0 saturated carbocycles. The lowest BCUT2D eigenvalue weighted by molar-refractivity contribution is -0.131. The number of amides is 1. The monoisotopic (exact) mass is 208 g/mol. The van der Waals surface area contributed by atoms with Crippen molar-refractivity contribution in [1.82, 2.24) is 4.90 Å². The van der Waals surface area contributed by atoms with Crippen molar-refractivity contribution in [3.05, 3.63) is 30.3 Å². The van der Waals surface area contributed by atoms with Gasteiger partial charge < -0.3 is 4.90 Å². The largest absolute Gasteiger partial charge is 0.347 e. The molecule has 0 radical (unpaired) electrons. The number of hydrogen-bond donors (Lipinski definition) is 1. The van der Waals surface area contributed by atoms with Crippen LogP contribution >= 0.6 is 0 Å². The Kier molecular flexibility index (Phi) is 3.68. The second kappa shape index (κ2) is 4.79. The zero-order valence-electron chi connectivity index (χ0n) is 9.21. The van der Waals surface area contributed by atoms with E-state index < -0.39 is 6.04 Å². The fraction of sp³-hybridized carbons (Fsp3) is 0.364. The third kappa shape index (κ3) is 2.70. The van der Waals surface area contributed by atoms with E-state index in [9.17, 15) is 10.0 Å². The van der Waals surface area contributed by atoms with Crippen molar-refractivity contribution in [2.24, 2.45) is 0 Å². The van der Waals surface area contributed by atoms with E-state index in [4.69, 9.17) is 0 Å². The summed E-state index contributed by atoms with van der Waals surface area (Å²) < 4.78 is 0. The first-order chi connectivity index (χ1) is 7.04. The molecule has 1 rings (SSSR count). The molecule has 0 unspecified atom stereocenters. The summed E-state index contributed by atoms with van der Waals surface area (Å²) in [5.74, 6) is -0.138. The first-order valence-electron chi connectivity index (χ1n) is 4.78. The summed E-state index contributed by atoms with van der Waals surface area (Å²) in [5, 5.41) is 10.8. The molecule has 4 nitrogen and oxygen atoms in total. The van der Waals surface area contributed by atoms with Crippen LogP contribution in [0.25, 0.3) is 0 Å². The summed E-state index contributed by atoms with van der Waals surface area (Å²) in [4.78, 5) is 13.0. The maximum absolute atomic E-state index is 11.6. The van der Waals surface area contributed by atoms with E-state index in [-0.39, 0.29) is 5.91 Å². The quantitative estimate of drug-likeness (QED) is 0.763. The van der Waals surface area contributed by atoms with Gasteiger partial charge >= 0.3 is 0 Å². The maximum atomic E-state index is 11.6. The van der Waals surface area contributed by atoms with Gasteiger partial charge in [-0.2, -0.15) is 0 Å². The minimum absolute atomic E-state index is 0.138. The van der Waals surface area contributed by atoms with Crippen molar-refractivity contribution in [3.8, 4) is 0 Å². The zero-order valence-corrected chi connectivity index (χ0v) is 9.21. The standard InChI is InChI=1S/C11H16N2O2/c1-9(11(14)12(2)3)13(15)10-7-5-4-6-8-10/h4-9,15H,1-3H3/t9-/m0/s1. The number of carbonyl (C=O) groups is 1. The van der Waals surface area contributed by atoms with Crippen LogP contribution < -0.4 is 5.06 Å². The second-order valence-corrected chi connectivity index (χ2v) is 3.59. The highest BCUT2D eigenvalue weighted by Crippen LogP contribution is 2.14. The minimum atomic E-state index is -0.581. The molecule has 0 aromatic heterocycles. The third-order valence-corrected chi connectivity index (χ3v) is 2.19. The van der Waals surface area contributed by atoms with E-state index in [0.717, 1.165) is 5.06 Å². The van der Waals surface area contributed by atoms with Crippen LogP contribution in [0, 0.1) is 0 Å². The molecular weight excluding hydrogens is 192 g/mol. The number of hydroxylamine groups is 1. The van der Waals surface area contributed by atoms with Crippen LogP contribution in [0.1, 0.15) is 6.92 Å². The van der Waals surface area contributed by atoms with Crippen LogP contribution in [0.5, 0.6) is 0 Å². The summed E-state index contributed by atoms with van der Waals surface area (Å²) in [6.45, 7) is 1.66. The van der Waals surface area contributed by atoms with Gasteiger partial charge in [-0.15, -0.1) is 0 Å². The molecular formula is C11H16N2O2. The van der Waals surface area contributed by atoms with Gasteiger partial charge in [0.2, 0.25) is 5.91 Å². The average molecular weight is 208 g/mol.